The quantitative estimate of drug-likeness (QED) is 0.753. The molecule has 1 amide bonds. The normalized spacial score (nSPS) is 11.0. The highest BCUT2D eigenvalue weighted by Crippen LogP contribution is 2.09. The summed E-state index contributed by atoms with van der Waals surface area (Å²) in [5, 5.41) is 7.73. The second-order valence-corrected chi connectivity index (χ2v) is 4.03. The molecule has 1 N–H and O–H groups in total. The molecule has 0 aliphatic rings. The van der Waals surface area contributed by atoms with Gasteiger partial charge in [-0.25, -0.2) is 4.79 Å². The molecule has 0 aliphatic heterocycles. The van der Waals surface area contributed by atoms with Crippen molar-refractivity contribution >= 4 is 23.4 Å². The van der Waals surface area contributed by atoms with Crippen LogP contribution >= 0.6 is 11.5 Å². The van der Waals surface area contributed by atoms with Crippen LogP contribution in [0.2, 0.25) is 0 Å². The van der Waals surface area contributed by atoms with E-state index in [4.69, 9.17) is 4.74 Å². The van der Waals surface area contributed by atoms with E-state index in [0.29, 0.717) is 5.82 Å². The number of rotatable bonds is 1. The summed E-state index contributed by atoms with van der Waals surface area (Å²) in [6.07, 6.45) is -0.514. The summed E-state index contributed by atoms with van der Waals surface area (Å²) in [4.78, 5) is 11.1. The Morgan fingerprint density at radius 2 is 2.31 bits per heavy atom. The molecule has 0 radical (unpaired) electrons. The van der Waals surface area contributed by atoms with Crippen molar-refractivity contribution in [3.05, 3.63) is 5.38 Å². The monoisotopic (exact) mass is 201 g/mol. The first-order valence-electron chi connectivity index (χ1n) is 3.74. The van der Waals surface area contributed by atoms with Gasteiger partial charge in [-0.2, -0.15) is 0 Å². The van der Waals surface area contributed by atoms with Gasteiger partial charge in [0, 0.05) is 0 Å². The van der Waals surface area contributed by atoms with Gasteiger partial charge in [-0.05, 0) is 32.3 Å². The first-order valence-corrected chi connectivity index (χ1v) is 4.58. The Morgan fingerprint density at radius 1 is 1.62 bits per heavy atom. The Kier molecular flexibility index (Phi) is 2.82. The van der Waals surface area contributed by atoms with E-state index in [1.807, 2.05) is 0 Å². The maximum absolute atomic E-state index is 11.1. The molecule has 0 unspecified atom stereocenters. The lowest BCUT2D eigenvalue weighted by Crippen LogP contribution is -2.27. The van der Waals surface area contributed by atoms with Crippen LogP contribution in [-0.4, -0.2) is 21.3 Å². The summed E-state index contributed by atoms with van der Waals surface area (Å²) < 4.78 is 8.59. The van der Waals surface area contributed by atoms with Crippen LogP contribution in [0.1, 0.15) is 20.8 Å². The van der Waals surface area contributed by atoms with Crippen molar-refractivity contribution in [1.29, 1.82) is 0 Å². The molecule has 1 aromatic heterocycles. The van der Waals surface area contributed by atoms with Crippen molar-refractivity contribution in [3.8, 4) is 0 Å². The third-order valence-electron chi connectivity index (χ3n) is 0.989. The fourth-order valence-corrected chi connectivity index (χ4v) is 1.02. The molecule has 0 saturated carbocycles. The molecule has 13 heavy (non-hydrogen) atoms. The first kappa shape index (κ1) is 9.91. The molecule has 6 heteroatoms. The van der Waals surface area contributed by atoms with Crippen molar-refractivity contribution in [2.24, 2.45) is 0 Å². The van der Waals surface area contributed by atoms with Gasteiger partial charge in [0.25, 0.3) is 0 Å². The summed E-state index contributed by atoms with van der Waals surface area (Å²) in [7, 11) is 0. The van der Waals surface area contributed by atoms with E-state index in [1.54, 1.807) is 26.2 Å². The summed E-state index contributed by atoms with van der Waals surface area (Å²) in [6, 6.07) is 0. The van der Waals surface area contributed by atoms with Crippen LogP contribution < -0.4 is 5.32 Å². The summed E-state index contributed by atoms with van der Waals surface area (Å²) in [5.74, 6) is 0.416. The number of hydrogen-bond acceptors (Lipinski definition) is 5. The highest BCUT2D eigenvalue weighted by molar-refractivity contribution is 7.03. The van der Waals surface area contributed by atoms with Gasteiger partial charge in [-0.3, -0.25) is 5.32 Å². The van der Waals surface area contributed by atoms with Gasteiger partial charge in [0.2, 0.25) is 0 Å². The maximum Gasteiger partial charge on any atom is 0.413 e. The van der Waals surface area contributed by atoms with Gasteiger partial charge in [0.1, 0.15) is 5.60 Å². The average Bonchev–Trinajstić information content (AvgIpc) is 2.34. The molecular weight excluding hydrogens is 190 g/mol. The Labute approximate surface area is 80.3 Å². The minimum absolute atomic E-state index is 0.416. The summed E-state index contributed by atoms with van der Waals surface area (Å²) >= 11 is 1.17. The molecule has 0 bridgehead atoms. The molecule has 1 rings (SSSR count). The third-order valence-corrected chi connectivity index (χ3v) is 1.49. The molecule has 72 valence electrons. The van der Waals surface area contributed by atoms with Crippen molar-refractivity contribution < 1.29 is 9.53 Å². The van der Waals surface area contributed by atoms with Gasteiger partial charge in [0.05, 0.1) is 5.38 Å². The van der Waals surface area contributed by atoms with E-state index in [0.717, 1.165) is 0 Å². The summed E-state index contributed by atoms with van der Waals surface area (Å²) in [6.45, 7) is 5.39. The van der Waals surface area contributed by atoms with Crippen molar-refractivity contribution in [1.82, 2.24) is 9.59 Å². The predicted molar refractivity (Wildman–Crippen MR) is 49.8 cm³/mol. The zero-order valence-electron chi connectivity index (χ0n) is 7.70. The Hall–Kier alpha value is -1.17. The lowest BCUT2D eigenvalue weighted by Gasteiger charge is -2.18. The van der Waals surface area contributed by atoms with Gasteiger partial charge in [-0.1, -0.05) is 4.49 Å². The van der Waals surface area contributed by atoms with Gasteiger partial charge in [-0.15, -0.1) is 5.10 Å². The van der Waals surface area contributed by atoms with Gasteiger partial charge < -0.3 is 4.74 Å². The molecular formula is C7H11N3O2S. The standard InChI is InChI=1S/C7H11N3O2S/c1-7(2,3)12-6(11)8-5-4-13-10-9-5/h4H,1-3H3,(H,8,11). The predicted octanol–water partition coefficient (Wildman–Crippen LogP) is 1.89. The molecule has 0 aromatic carbocycles. The third kappa shape index (κ3) is 3.84. The Bertz CT molecular complexity index is 278. The molecule has 0 aliphatic carbocycles. The maximum atomic E-state index is 11.1. The SMILES string of the molecule is CC(C)(C)OC(=O)Nc1csnn1. The molecule has 0 fully saturated rings. The van der Waals surface area contributed by atoms with Crippen molar-refractivity contribution in [2.45, 2.75) is 26.4 Å². The zero-order valence-corrected chi connectivity index (χ0v) is 8.51. The minimum Gasteiger partial charge on any atom is -0.444 e. The smallest absolute Gasteiger partial charge is 0.413 e. The number of anilines is 1. The van der Waals surface area contributed by atoms with Crippen LogP contribution in [0.5, 0.6) is 0 Å². The van der Waals surface area contributed by atoms with Gasteiger partial charge >= 0.3 is 6.09 Å². The Balaban J connectivity index is 2.43. The van der Waals surface area contributed by atoms with Crippen molar-refractivity contribution in [3.63, 3.8) is 0 Å². The first-order chi connectivity index (χ1) is 5.97. The average molecular weight is 201 g/mol. The highest BCUT2D eigenvalue weighted by atomic mass is 32.1. The molecule has 1 heterocycles. The van der Waals surface area contributed by atoms with E-state index >= 15 is 0 Å². The molecule has 0 atom stereocenters. The van der Waals surface area contributed by atoms with E-state index in [9.17, 15) is 4.79 Å². The number of carbonyl (C=O) groups excluding carboxylic acids is 1. The van der Waals surface area contributed by atoms with Crippen LogP contribution in [0.3, 0.4) is 0 Å². The molecule has 0 spiro atoms. The van der Waals surface area contributed by atoms with Crippen LogP contribution in [0.15, 0.2) is 5.38 Å². The fourth-order valence-electron chi connectivity index (χ4n) is 0.627. The lowest BCUT2D eigenvalue weighted by atomic mass is 10.2. The zero-order chi connectivity index (χ0) is 9.90. The van der Waals surface area contributed by atoms with E-state index in [1.165, 1.54) is 11.5 Å². The number of aromatic nitrogens is 2. The molecule has 1 aromatic rings. The number of ether oxygens (including phenoxy) is 1. The number of amides is 1. The van der Waals surface area contributed by atoms with Crippen molar-refractivity contribution in [2.75, 3.05) is 5.32 Å². The minimum atomic E-state index is -0.514. The molecule has 0 saturated heterocycles. The number of nitrogens with zero attached hydrogens (tertiary/aromatic N) is 2. The van der Waals surface area contributed by atoms with Crippen LogP contribution in [0.25, 0.3) is 0 Å². The van der Waals surface area contributed by atoms with Crippen LogP contribution in [0.4, 0.5) is 10.6 Å². The largest absolute Gasteiger partial charge is 0.444 e. The van der Waals surface area contributed by atoms with Crippen LogP contribution in [-0.2, 0) is 4.74 Å². The number of carbonyl (C=O) groups is 1. The topological polar surface area (TPSA) is 64.1 Å². The second kappa shape index (κ2) is 3.69. The van der Waals surface area contributed by atoms with E-state index < -0.39 is 11.7 Å². The lowest BCUT2D eigenvalue weighted by molar-refractivity contribution is 0.0635. The van der Waals surface area contributed by atoms with Gasteiger partial charge in [0.15, 0.2) is 5.82 Å². The second-order valence-electron chi connectivity index (χ2n) is 3.42. The fraction of sp³-hybridized carbons (Fsp3) is 0.571. The highest BCUT2D eigenvalue weighted by Gasteiger charge is 2.16. The number of nitrogens with one attached hydrogen (secondary N) is 1. The van der Waals surface area contributed by atoms with Crippen LogP contribution in [0, 0.1) is 0 Å². The summed E-state index contributed by atoms with van der Waals surface area (Å²) in [5.41, 5.74) is -0.493. The molecule has 5 nitrogen and oxygen atoms in total. The van der Waals surface area contributed by atoms with E-state index in [-0.39, 0.29) is 0 Å². The Morgan fingerprint density at radius 3 is 2.77 bits per heavy atom. The number of hydrogen-bond donors (Lipinski definition) is 1. The van der Waals surface area contributed by atoms with E-state index in [2.05, 4.69) is 14.9 Å².